The van der Waals surface area contributed by atoms with E-state index in [1.54, 1.807) is 24.3 Å². The summed E-state index contributed by atoms with van der Waals surface area (Å²) in [6, 6.07) is 24.0. The molecule has 0 bridgehead atoms. The molecule has 1 fully saturated rings. The summed E-state index contributed by atoms with van der Waals surface area (Å²) in [4.78, 5) is 28.2. The maximum absolute atomic E-state index is 12.9. The predicted molar refractivity (Wildman–Crippen MR) is 124 cm³/mol. The van der Waals surface area contributed by atoms with E-state index in [1.807, 2.05) is 54.6 Å². The molecule has 0 unspecified atom stereocenters. The van der Waals surface area contributed by atoms with Crippen LogP contribution in [0.2, 0.25) is 0 Å². The van der Waals surface area contributed by atoms with Gasteiger partial charge in [0.05, 0.1) is 5.69 Å². The third-order valence-corrected chi connectivity index (χ3v) is 5.82. The summed E-state index contributed by atoms with van der Waals surface area (Å²) in [6.07, 6.45) is 2.56. The average Bonchev–Trinajstić information content (AvgIpc) is 2.80. The molecule has 158 valence electrons. The van der Waals surface area contributed by atoms with Crippen LogP contribution < -0.4 is 5.32 Å². The Labute approximate surface area is 183 Å². The van der Waals surface area contributed by atoms with Crippen molar-refractivity contribution in [2.24, 2.45) is 5.92 Å². The molecule has 4 heteroatoms. The zero-order chi connectivity index (χ0) is 21.6. The molecule has 1 saturated heterocycles. The number of hydrogen-bond donors (Lipinski definition) is 1. The molecule has 31 heavy (non-hydrogen) atoms. The normalized spacial score (nSPS) is 16.6. The van der Waals surface area contributed by atoms with E-state index < -0.39 is 0 Å². The topological polar surface area (TPSA) is 49.4 Å². The third kappa shape index (κ3) is 5.28. The van der Waals surface area contributed by atoms with Crippen molar-refractivity contribution in [3.05, 3.63) is 101 Å². The fraction of sp³-hybridized carbons (Fsp3) is 0.259. The zero-order valence-electron chi connectivity index (χ0n) is 17.9. The number of nitrogens with zero attached hydrogens (tertiary/aromatic N) is 1. The molecule has 1 aliphatic heterocycles. The van der Waals surface area contributed by atoms with Crippen LogP contribution >= 0.6 is 0 Å². The van der Waals surface area contributed by atoms with Crippen LogP contribution in [0.25, 0.3) is 0 Å². The van der Waals surface area contributed by atoms with Crippen molar-refractivity contribution in [2.45, 2.75) is 26.3 Å². The highest BCUT2D eigenvalue weighted by Gasteiger charge is 2.17. The lowest BCUT2D eigenvalue weighted by atomic mass is 9.99. The van der Waals surface area contributed by atoms with E-state index in [1.165, 1.54) is 18.4 Å². The summed E-state index contributed by atoms with van der Waals surface area (Å²) in [5.41, 5.74) is 3.40. The second-order valence-electron chi connectivity index (χ2n) is 8.37. The van der Waals surface area contributed by atoms with Crippen LogP contribution in [0.4, 0.5) is 5.69 Å². The van der Waals surface area contributed by atoms with Crippen molar-refractivity contribution in [3.63, 3.8) is 0 Å². The highest BCUT2D eigenvalue weighted by Crippen LogP contribution is 2.21. The second kappa shape index (κ2) is 9.71. The number of nitrogens with one attached hydrogen (secondary N) is 1. The van der Waals surface area contributed by atoms with Crippen molar-refractivity contribution in [3.8, 4) is 0 Å². The Morgan fingerprint density at radius 3 is 2.35 bits per heavy atom. The van der Waals surface area contributed by atoms with Gasteiger partial charge in [0.25, 0.3) is 5.91 Å². The van der Waals surface area contributed by atoms with Crippen LogP contribution in [-0.2, 0) is 6.54 Å². The van der Waals surface area contributed by atoms with E-state index in [4.69, 9.17) is 0 Å². The van der Waals surface area contributed by atoms with Gasteiger partial charge in [0.1, 0.15) is 0 Å². The summed E-state index contributed by atoms with van der Waals surface area (Å²) in [5, 5.41) is 2.91. The van der Waals surface area contributed by atoms with E-state index in [0.29, 0.717) is 22.4 Å². The van der Waals surface area contributed by atoms with Gasteiger partial charge in [0.2, 0.25) is 0 Å². The lowest BCUT2D eigenvalue weighted by Crippen LogP contribution is -2.33. The first-order valence-corrected chi connectivity index (χ1v) is 10.9. The van der Waals surface area contributed by atoms with Gasteiger partial charge in [-0.2, -0.15) is 0 Å². The summed E-state index contributed by atoms with van der Waals surface area (Å²) in [6.45, 7) is 5.49. The summed E-state index contributed by atoms with van der Waals surface area (Å²) in [5.74, 6) is 0.423. The molecule has 1 amide bonds. The monoisotopic (exact) mass is 412 g/mol. The molecule has 3 aromatic carbocycles. The molecule has 1 aliphatic rings. The fourth-order valence-electron chi connectivity index (χ4n) is 4.18. The lowest BCUT2D eigenvalue weighted by molar-refractivity contribution is 0.102. The maximum Gasteiger partial charge on any atom is 0.255 e. The van der Waals surface area contributed by atoms with Gasteiger partial charge in [-0.3, -0.25) is 14.5 Å². The number of para-hydroxylation sites is 1. The highest BCUT2D eigenvalue weighted by molar-refractivity contribution is 6.15. The third-order valence-electron chi connectivity index (χ3n) is 5.82. The van der Waals surface area contributed by atoms with Gasteiger partial charge in [-0.25, -0.2) is 0 Å². The van der Waals surface area contributed by atoms with Crippen molar-refractivity contribution in [1.82, 2.24) is 4.90 Å². The Bertz CT molecular complexity index is 1040. The number of rotatable bonds is 6. The Morgan fingerprint density at radius 2 is 1.61 bits per heavy atom. The Balaban J connectivity index is 1.45. The van der Waals surface area contributed by atoms with E-state index in [0.717, 1.165) is 25.6 Å². The second-order valence-corrected chi connectivity index (χ2v) is 8.37. The largest absolute Gasteiger partial charge is 0.321 e. The molecule has 4 nitrogen and oxygen atoms in total. The summed E-state index contributed by atoms with van der Waals surface area (Å²) < 4.78 is 0. The van der Waals surface area contributed by atoms with Crippen molar-refractivity contribution in [1.29, 1.82) is 0 Å². The molecule has 0 aliphatic carbocycles. The van der Waals surface area contributed by atoms with Gasteiger partial charge < -0.3 is 5.32 Å². The molecule has 4 rings (SSSR count). The first-order chi connectivity index (χ1) is 15.1. The van der Waals surface area contributed by atoms with Gasteiger partial charge in [-0.15, -0.1) is 0 Å². The molecular formula is C27H28N2O2. The van der Waals surface area contributed by atoms with Gasteiger partial charge in [0.15, 0.2) is 5.78 Å². The Hall–Kier alpha value is -3.24. The van der Waals surface area contributed by atoms with Crippen LogP contribution in [-0.4, -0.2) is 29.7 Å². The van der Waals surface area contributed by atoms with E-state index in [2.05, 4.69) is 17.1 Å². The number of ketones is 1. The molecule has 0 radical (unpaired) electrons. The molecule has 3 aromatic rings. The zero-order valence-corrected chi connectivity index (χ0v) is 17.9. The maximum atomic E-state index is 12.9. The van der Waals surface area contributed by atoms with Crippen LogP contribution in [0, 0.1) is 5.92 Å². The minimum absolute atomic E-state index is 0.109. The van der Waals surface area contributed by atoms with Gasteiger partial charge >= 0.3 is 0 Å². The van der Waals surface area contributed by atoms with Crippen LogP contribution in [0.15, 0.2) is 78.9 Å². The number of carbonyl (C=O) groups is 2. The summed E-state index contributed by atoms with van der Waals surface area (Å²) >= 11 is 0. The minimum atomic E-state index is -0.216. The minimum Gasteiger partial charge on any atom is -0.321 e. The van der Waals surface area contributed by atoms with Gasteiger partial charge in [-0.1, -0.05) is 61.5 Å². The van der Waals surface area contributed by atoms with E-state index in [-0.39, 0.29) is 11.7 Å². The van der Waals surface area contributed by atoms with Crippen molar-refractivity contribution < 1.29 is 9.59 Å². The van der Waals surface area contributed by atoms with Crippen molar-refractivity contribution in [2.75, 3.05) is 18.4 Å². The van der Waals surface area contributed by atoms with E-state index in [9.17, 15) is 9.59 Å². The molecule has 0 spiro atoms. The lowest BCUT2D eigenvalue weighted by Gasteiger charge is -2.30. The van der Waals surface area contributed by atoms with Gasteiger partial charge in [0, 0.05) is 29.8 Å². The number of hydrogen-bond acceptors (Lipinski definition) is 3. The van der Waals surface area contributed by atoms with Crippen LogP contribution in [0.1, 0.15) is 51.6 Å². The smallest absolute Gasteiger partial charge is 0.255 e. The fourth-order valence-corrected chi connectivity index (χ4v) is 4.18. The predicted octanol–water partition coefficient (Wildman–Crippen LogP) is 5.40. The molecule has 1 atom stereocenters. The first kappa shape index (κ1) is 21.0. The van der Waals surface area contributed by atoms with Crippen LogP contribution in [0.3, 0.4) is 0 Å². The molecule has 1 heterocycles. The number of anilines is 1. The van der Waals surface area contributed by atoms with Crippen molar-refractivity contribution >= 4 is 17.4 Å². The quantitative estimate of drug-likeness (QED) is 0.551. The number of amides is 1. The summed E-state index contributed by atoms with van der Waals surface area (Å²) in [7, 11) is 0. The molecular weight excluding hydrogens is 384 g/mol. The number of likely N-dealkylation sites (tertiary alicyclic amines) is 1. The van der Waals surface area contributed by atoms with Crippen LogP contribution in [0.5, 0.6) is 0 Å². The van der Waals surface area contributed by atoms with E-state index >= 15 is 0 Å². The number of carbonyl (C=O) groups excluding carboxylic acids is 2. The standard InChI is InChI=1S/C27H28N2O2/c1-20-8-7-17-29(18-20)19-21-13-15-23(16-14-21)27(31)28-25-12-6-5-11-24(25)26(30)22-9-3-2-4-10-22/h2-6,9-16,20H,7-8,17-19H2,1H3,(H,28,31)/t20-/m0/s1. The molecule has 0 aromatic heterocycles. The number of benzene rings is 3. The first-order valence-electron chi connectivity index (χ1n) is 10.9. The number of piperidine rings is 1. The molecule has 0 saturated carbocycles. The average molecular weight is 413 g/mol. The Kier molecular flexibility index (Phi) is 6.58. The molecule has 1 N–H and O–H groups in total. The SMILES string of the molecule is C[C@H]1CCCN(Cc2ccc(C(=O)Nc3ccccc3C(=O)c3ccccc3)cc2)C1. The highest BCUT2D eigenvalue weighted by atomic mass is 16.1. The Morgan fingerprint density at radius 1 is 0.903 bits per heavy atom. The van der Waals surface area contributed by atoms with Gasteiger partial charge in [-0.05, 0) is 55.1 Å².